The van der Waals surface area contributed by atoms with Crippen molar-refractivity contribution < 1.29 is 19.5 Å². The molecule has 6 heteroatoms. The van der Waals surface area contributed by atoms with Crippen LogP contribution in [0.15, 0.2) is 53.5 Å². The van der Waals surface area contributed by atoms with Crippen molar-refractivity contribution in [2.45, 2.75) is 6.92 Å². The van der Waals surface area contributed by atoms with Gasteiger partial charge in [0, 0.05) is 12.5 Å². The van der Waals surface area contributed by atoms with E-state index in [0.29, 0.717) is 16.9 Å². The lowest BCUT2D eigenvalue weighted by Gasteiger charge is -2.11. The second-order valence-corrected chi connectivity index (χ2v) is 4.99. The number of hydrogen-bond acceptors (Lipinski definition) is 4. The number of imide groups is 1. The van der Waals surface area contributed by atoms with Crippen LogP contribution >= 0.6 is 0 Å². The zero-order valence-corrected chi connectivity index (χ0v) is 12.2. The van der Waals surface area contributed by atoms with Gasteiger partial charge in [-0.1, -0.05) is 24.3 Å². The molecule has 114 valence electrons. The third-order valence-corrected chi connectivity index (χ3v) is 3.45. The average Bonchev–Trinajstić information content (AvgIpc) is 2.80. The fourth-order valence-electron chi connectivity index (χ4n) is 2.46. The molecule has 1 aliphatic rings. The zero-order chi connectivity index (χ0) is 16.6. The maximum atomic E-state index is 12.5. The third-order valence-electron chi connectivity index (χ3n) is 3.45. The van der Waals surface area contributed by atoms with Gasteiger partial charge in [0.25, 0.3) is 5.91 Å². The van der Waals surface area contributed by atoms with Gasteiger partial charge in [0.05, 0.1) is 16.9 Å². The highest BCUT2D eigenvalue weighted by Crippen LogP contribution is 2.30. The van der Waals surface area contributed by atoms with E-state index in [9.17, 15) is 14.4 Å². The molecule has 0 bridgehead atoms. The molecule has 0 unspecified atom stereocenters. The molecule has 2 aromatic carbocycles. The number of para-hydroxylation sites is 1. The van der Waals surface area contributed by atoms with E-state index in [0.717, 1.165) is 4.90 Å². The van der Waals surface area contributed by atoms with Crippen molar-refractivity contribution in [3.05, 3.63) is 59.7 Å². The van der Waals surface area contributed by atoms with Gasteiger partial charge in [-0.05, 0) is 24.3 Å². The molecule has 0 radical (unpaired) electrons. The second kappa shape index (κ2) is 5.49. The Labute approximate surface area is 131 Å². The molecule has 1 heterocycles. The summed E-state index contributed by atoms with van der Waals surface area (Å²) in [6, 6.07) is 12.8. The molecule has 1 N–H and O–H groups in total. The number of fused-ring (bicyclic) bond motifs is 1. The highest BCUT2D eigenvalue weighted by atomic mass is 16.4. The summed E-state index contributed by atoms with van der Waals surface area (Å²) in [6.45, 7) is 1.31. The molecule has 0 saturated carbocycles. The average molecular weight is 308 g/mol. The summed E-state index contributed by atoms with van der Waals surface area (Å²) >= 11 is 0. The molecular weight excluding hydrogens is 296 g/mol. The molecule has 0 aliphatic carbocycles. The number of anilines is 1. The number of carboxylic acids is 1. The summed E-state index contributed by atoms with van der Waals surface area (Å²) in [5.41, 5.74) is 1.58. The van der Waals surface area contributed by atoms with E-state index in [1.54, 1.807) is 36.4 Å². The molecule has 0 saturated heterocycles. The number of nitrogens with zero attached hydrogens (tertiary/aromatic N) is 2. The minimum absolute atomic E-state index is 0.0778. The van der Waals surface area contributed by atoms with Crippen LogP contribution < -0.4 is 4.90 Å². The lowest BCUT2D eigenvalue weighted by atomic mass is 10.1. The number of carbonyl (C=O) groups is 3. The van der Waals surface area contributed by atoms with Crippen LogP contribution in [0.1, 0.15) is 22.8 Å². The maximum absolute atomic E-state index is 12.5. The van der Waals surface area contributed by atoms with Crippen molar-refractivity contribution >= 4 is 34.9 Å². The van der Waals surface area contributed by atoms with Crippen LogP contribution in [-0.2, 0) is 9.59 Å². The van der Waals surface area contributed by atoms with E-state index in [1.165, 1.54) is 19.1 Å². The van der Waals surface area contributed by atoms with Crippen molar-refractivity contribution in [3.8, 4) is 0 Å². The lowest BCUT2D eigenvalue weighted by molar-refractivity contribution is -0.121. The molecule has 2 aromatic rings. The van der Waals surface area contributed by atoms with Gasteiger partial charge in [-0.15, -0.1) is 0 Å². The minimum Gasteiger partial charge on any atom is -0.478 e. The molecule has 3 rings (SSSR count). The Hall–Kier alpha value is -3.28. The molecular formula is C17H12N2O4. The SMILES string of the molecule is CC(=O)N1C(=O)/C(=N\c2cccc(C(=O)O)c2)c2ccccc21. The quantitative estimate of drug-likeness (QED) is 0.923. The fraction of sp³-hybridized carbons (Fsp3) is 0.0588. The Morgan fingerprint density at radius 3 is 2.52 bits per heavy atom. The maximum Gasteiger partial charge on any atom is 0.335 e. The smallest absolute Gasteiger partial charge is 0.335 e. The van der Waals surface area contributed by atoms with Gasteiger partial charge >= 0.3 is 5.97 Å². The van der Waals surface area contributed by atoms with Gasteiger partial charge < -0.3 is 5.11 Å². The largest absolute Gasteiger partial charge is 0.478 e. The van der Waals surface area contributed by atoms with Gasteiger partial charge in [-0.2, -0.15) is 0 Å². The summed E-state index contributed by atoms with van der Waals surface area (Å²) in [7, 11) is 0. The standard InChI is InChI=1S/C17H12N2O4/c1-10(20)19-14-8-3-2-7-13(14)15(16(19)21)18-12-6-4-5-11(9-12)17(22)23/h2-9H,1H3,(H,22,23)/b18-15-. The first-order valence-electron chi connectivity index (χ1n) is 6.85. The lowest BCUT2D eigenvalue weighted by Crippen LogP contribution is -2.34. The van der Waals surface area contributed by atoms with E-state index in [1.807, 2.05) is 0 Å². The molecule has 0 fully saturated rings. The Morgan fingerprint density at radius 2 is 1.83 bits per heavy atom. The van der Waals surface area contributed by atoms with Crippen LogP contribution in [0.25, 0.3) is 0 Å². The van der Waals surface area contributed by atoms with E-state index in [4.69, 9.17) is 5.11 Å². The normalized spacial score (nSPS) is 14.9. The number of aliphatic imine (C=N–C) groups is 1. The molecule has 0 atom stereocenters. The van der Waals surface area contributed by atoms with Gasteiger partial charge in [-0.25, -0.2) is 14.7 Å². The van der Waals surface area contributed by atoms with Crippen LogP contribution in [0, 0.1) is 0 Å². The number of hydrogen-bond donors (Lipinski definition) is 1. The van der Waals surface area contributed by atoms with Gasteiger partial charge in [0.1, 0.15) is 5.71 Å². The van der Waals surface area contributed by atoms with Crippen molar-refractivity contribution in [2.24, 2.45) is 4.99 Å². The number of carboxylic acid groups (broad SMARTS) is 1. The van der Waals surface area contributed by atoms with E-state index in [2.05, 4.69) is 4.99 Å². The molecule has 0 aromatic heterocycles. The van der Waals surface area contributed by atoms with Crippen LogP contribution in [0.2, 0.25) is 0 Å². The zero-order valence-electron chi connectivity index (χ0n) is 12.2. The van der Waals surface area contributed by atoms with E-state index in [-0.39, 0.29) is 11.3 Å². The Kier molecular flexibility index (Phi) is 3.50. The molecule has 1 aliphatic heterocycles. The summed E-state index contributed by atoms with van der Waals surface area (Å²) in [6.07, 6.45) is 0. The third kappa shape index (κ3) is 2.50. The summed E-state index contributed by atoms with van der Waals surface area (Å²) in [5, 5.41) is 9.03. The Bertz CT molecular complexity index is 870. The van der Waals surface area contributed by atoms with Crippen molar-refractivity contribution in [1.29, 1.82) is 0 Å². The van der Waals surface area contributed by atoms with Gasteiger partial charge in [0.2, 0.25) is 5.91 Å². The highest BCUT2D eigenvalue weighted by molar-refractivity contribution is 6.58. The Balaban J connectivity index is 2.13. The first-order chi connectivity index (χ1) is 11.0. The van der Waals surface area contributed by atoms with E-state index >= 15 is 0 Å². The first-order valence-corrected chi connectivity index (χ1v) is 6.85. The molecule has 6 nitrogen and oxygen atoms in total. The number of aromatic carboxylic acids is 1. The van der Waals surface area contributed by atoms with Crippen molar-refractivity contribution in [1.82, 2.24) is 0 Å². The monoisotopic (exact) mass is 308 g/mol. The van der Waals surface area contributed by atoms with Crippen molar-refractivity contribution in [3.63, 3.8) is 0 Å². The van der Waals surface area contributed by atoms with Crippen LogP contribution in [0.4, 0.5) is 11.4 Å². The predicted octanol–water partition coefficient (Wildman–Crippen LogP) is 2.40. The predicted molar refractivity (Wildman–Crippen MR) is 84.2 cm³/mol. The van der Waals surface area contributed by atoms with Crippen LogP contribution in [0.3, 0.4) is 0 Å². The number of carbonyl (C=O) groups excluding carboxylic acids is 2. The minimum atomic E-state index is -1.07. The van der Waals surface area contributed by atoms with Crippen molar-refractivity contribution in [2.75, 3.05) is 4.90 Å². The molecule has 0 spiro atoms. The second-order valence-electron chi connectivity index (χ2n) is 4.99. The summed E-state index contributed by atoms with van der Waals surface area (Å²) < 4.78 is 0. The summed E-state index contributed by atoms with van der Waals surface area (Å²) in [4.78, 5) is 40.6. The number of benzene rings is 2. The fourth-order valence-corrected chi connectivity index (χ4v) is 2.46. The van der Waals surface area contributed by atoms with Crippen LogP contribution in [0.5, 0.6) is 0 Å². The number of amides is 2. The van der Waals surface area contributed by atoms with E-state index < -0.39 is 17.8 Å². The van der Waals surface area contributed by atoms with Gasteiger partial charge in [0.15, 0.2) is 0 Å². The molecule has 23 heavy (non-hydrogen) atoms. The van der Waals surface area contributed by atoms with Crippen LogP contribution in [-0.4, -0.2) is 28.6 Å². The highest BCUT2D eigenvalue weighted by Gasteiger charge is 2.36. The Morgan fingerprint density at radius 1 is 1.09 bits per heavy atom. The first kappa shape index (κ1) is 14.6. The summed E-state index contributed by atoms with van der Waals surface area (Å²) in [5.74, 6) is -1.98. The topological polar surface area (TPSA) is 87.0 Å². The number of rotatable bonds is 2. The molecule has 2 amide bonds. The van der Waals surface area contributed by atoms with Gasteiger partial charge in [-0.3, -0.25) is 9.59 Å².